The normalized spacial score (nSPS) is 10.0. The first-order chi connectivity index (χ1) is 10.5. The number of rotatable bonds is 4. The van der Waals surface area contributed by atoms with E-state index in [1.165, 1.54) is 6.07 Å². The summed E-state index contributed by atoms with van der Waals surface area (Å²) in [5.41, 5.74) is 1.83. The van der Waals surface area contributed by atoms with E-state index < -0.39 is 4.92 Å². The molecular formula is C15H14N3O3S-. The maximum atomic E-state index is 11.7. The Labute approximate surface area is 132 Å². The minimum atomic E-state index is -0.564. The van der Waals surface area contributed by atoms with E-state index >= 15 is 0 Å². The van der Waals surface area contributed by atoms with Gasteiger partial charge in [0.15, 0.2) is 5.11 Å². The second kappa shape index (κ2) is 6.86. The molecular weight excluding hydrogens is 302 g/mol. The third-order valence-corrected chi connectivity index (χ3v) is 3.22. The fourth-order valence-electron chi connectivity index (χ4n) is 1.88. The van der Waals surface area contributed by atoms with Gasteiger partial charge in [0, 0.05) is 23.5 Å². The van der Waals surface area contributed by atoms with Gasteiger partial charge in [0.05, 0.1) is 4.92 Å². The maximum Gasteiger partial charge on any atom is 0.271 e. The molecule has 6 nitrogen and oxygen atoms in total. The summed E-state index contributed by atoms with van der Waals surface area (Å²) in [4.78, 5) is 10.2. The minimum Gasteiger partial charge on any atom is -0.871 e. The van der Waals surface area contributed by atoms with Crippen LogP contribution in [0.25, 0.3) is 0 Å². The Morgan fingerprint density at radius 1 is 1.23 bits per heavy atom. The van der Waals surface area contributed by atoms with Gasteiger partial charge in [-0.05, 0) is 36.3 Å². The molecule has 0 fully saturated rings. The number of hydrogen-bond donors (Lipinski definition) is 2. The number of thiocarbonyl (C=S) groups is 1. The number of aryl methyl sites for hydroxylation is 1. The van der Waals surface area contributed by atoms with E-state index in [9.17, 15) is 15.2 Å². The number of anilines is 2. The summed E-state index contributed by atoms with van der Waals surface area (Å²) in [6.07, 6.45) is 0.894. The standard InChI is InChI=1S/C15H15N3O3S/c1-2-10-4-3-5-11(8-10)16-15(22)17-13-9-12(18(20)21)6-7-14(13)19/h3-9,19H,2H2,1H3,(H2,16,17,22)/p-1. The molecule has 0 heterocycles. The Morgan fingerprint density at radius 2 is 2.00 bits per heavy atom. The number of nitro benzene ring substituents is 1. The molecule has 0 unspecified atom stereocenters. The number of nitro groups is 1. The van der Waals surface area contributed by atoms with Gasteiger partial charge in [0.2, 0.25) is 0 Å². The van der Waals surface area contributed by atoms with Crippen LogP contribution >= 0.6 is 12.2 Å². The molecule has 0 aromatic heterocycles. The van der Waals surface area contributed by atoms with Crippen molar-refractivity contribution in [1.29, 1.82) is 0 Å². The van der Waals surface area contributed by atoms with Gasteiger partial charge >= 0.3 is 0 Å². The molecule has 2 rings (SSSR count). The van der Waals surface area contributed by atoms with Crippen LogP contribution in [0.1, 0.15) is 12.5 Å². The number of nitrogens with one attached hydrogen (secondary N) is 2. The summed E-state index contributed by atoms with van der Waals surface area (Å²) in [6, 6.07) is 11.2. The third kappa shape index (κ3) is 3.92. The molecule has 7 heteroatoms. The van der Waals surface area contributed by atoms with Crippen molar-refractivity contribution in [3.8, 4) is 5.75 Å². The van der Waals surface area contributed by atoms with Crippen LogP contribution in [0, 0.1) is 10.1 Å². The molecule has 2 aromatic rings. The van der Waals surface area contributed by atoms with E-state index in [1.807, 2.05) is 31.2 Å². The molecule has 114 valence electrons. The second-order valence-electron chi connectivity index (χ2n) is 4.57. The fraction of sp³-hybridized carbons (Fsp3) is 0.133. The lowest BCUT2D eigenvalue weighted by Gasteiger charge is -2.16. The van der Waals surface area contributed by atoms with Gasteiger partial charge < -0.3 is 15.7 Å². The first-order valence-corrected chi connectivity index (χ1v) is 7.03. The van der Waals surface area contributed by atoms with Gasteiger partial charge in [0.25, 0.3) is 5.69 Å². The van der Waals surface area contributed by atoms with Gasteiger partial charge in [-0.15, -0.1) is 0 Å². The molecule has 0 spiro atoms. The second-order valence-corrected chi connectivity index (χ2v) is 4.98. The number of nitrogens with zero attached hydrogens (tertiary/aromatic N) is 1. The molecule has 0 aliphatic carbocycles. The van der Waals surface area contributed by atoms with Crippen molar-refractivity contribution in [2.75, 3.05) is 10.6 Å². The zero-order valence-electron chi connectivity index (χ0n) is 11.8. The third-order valence-electron chi connectivity index (χ3n) is 3.02. The molecule has 2 aromatic carbocycles. The summed E-state index contributed by atoms with van der Waals surface area (Å²) in [6.45, 7) is 2.04. The van der Waals surface area contributed by atoms with Gasteiger partial charge in [-0.2, -0.15) is 0 Å². The van der Waals surface area contributed by atoms with Crippen molar-refractivity contribution >= 4 is 34.4 Å². The lowest BCUT2D eigenvalue weighted by Crippen LogP contribution is -2.20. The van der Waals surface area contributed by atoms with Gasteiger partial charge in [-0.1, -0.05) is 30.9 Å². The first kappa shape index (κ1) is 15.7. The van der Waals surface area contributed by atoms with E-state index in [-0.39, 0.29) is 22.2 Å². The average Bonchev–Trinajstić information content (AvgIpc) is 2.49. The van der Waals surface area contributed by atoms with Crippen molar-refractivity contribution in [3.05, 3.63) is 58.1 Å². The van der Waals surface area contributed by atoms with Crippen LogP contribution in [0.15, 0.2) is 42.5 Å². The molecule has 22 heavy (non-hydrogen) atoms. The zero-order valence-corrected chi connectivity index (χ0v) is 12.6. The molecule has 0 aliphatic heterocycles. The lowest BCUT2D eigenvalue weighted by atomic mass is 10.1. The fourth-order valence-corrected chi connectivity index (χ4v) is 2.11. The van der Waals surface area contributed by atoms with Crippen molar-refractivity contribution in [1.82, 2.24) is 0 Å². The van der Waals surface area contributed by atoms with Crippen LogP contribution in [-0.2, 0) is 6.42 Å². The molecule has 0 saturated heterocycles. The van der Waals surface area contributed by atoms with E-state index in [0.29, 0.717) is 0 Å². The highest BCUT2D eigenvalue weighted by molar-refractivity contribution is 7.80. The molecule has 0 bridgehead atoms. The SMILES string of the molecule is CCc1cccc(NC(=S)Nc2cc([N+](=O)[O-])ccc2[O-])c1. The first-order valence-electron chi connectivity index (χ1n) is 6.62. The molecule has 0 atom stereocenters. The number of hydrogen-bond acceptors (Lipinski definition) is 4. The van der Waals surface area contributed by atoms with Crippen LogP contribution in [0.3, 0.4) is 0 Å². The van der Waals surface area contributed by atoms with Crippen molar-refractivity contribution in [2.45, 2.75) is 13.3 Å². The predicted octanol–water partition coefficient (Wildman–Crippen LogP) is 3.04. The molecule has 0 radical (unpaired) electrons. The van der Waals surface area contributed by atoms with Crippen LogP contribution in [0.5, 0.6) is 5.75 Å². The Balaban J connectivity index is 2.11. The Kier molecular flexibility index (Phi) is 4.90. The van der Waals surface area contributed by atoms with Crippen molar-refractivity contribution in [3.63, 3.8) is 0 Å². The van der Waals surface area contributed by atoms with E-state index in [0.717, 1.165) is 29.8 Å². The largest absolute Gasteiger partial charge is 0.871 e. The van der Waals surface area contributed by atoms with E-state index in [4.69, 9.17) is 12.2 Å². The molecule has 2 N–H and O–H groups in total. The van der Waals surface area contributed by atoms with Crippen LogP contribution in [0.2, 0.25) is 0 Å². The number of non-ortho nitro benzene ring substituents is 1. The lowest BCUT2D eigenvalue weighted by molar-refractivity contribution is -0.385. The summed E-state index contributed by atoms with van der Waals surface area (Å²) in [7, 11) is 0. The summed E-state index contributed by atoms with van der Waals surface area (Å²) in [5.74, 6) is -0.364. The van der Waals surface area contributed by atoms with Crippen molar-refractivity contribution < 1.29 is 10.0 Å². The maximum absolute atomic E-state index is 11.7. The average molecular weight is 316 g/mol. The van der Waals surface area contributed by atoms with Gasteiger partial charge in [-0.3, -0.25) is 10.1 Å². The summed E-state index contributed by atoms with van der Waals surface area (Å²) >= 11 is 5.14. The minimum absolute atomic E-state index is 0.0679. The highest BCUT2D eigenvalue weighted by atomic mass is 32.1. The molecule has 0 amide bonds. The summed E-state index contributed by atoms with van der Waals surface area (Å²) < 4.78 is 0. The number of benzene rings is 2. The Bertz CT molecular complexity index is 719. The zero-order chi connectivity index (χ0) is 16.1. The quantitative estimate of drug-likeness (QED) is 0.512. The van der Waals surface area contributed by atoms with Crippen LogP contribution in [-0.4, -0.2) is 10.0 Å². The summed E-state index contributed by atoms with van der Waals surface area (Å²) in [5, 5.41) is 28.3. The van der Waals surface area contributed by atoms with Crippen LogP contribution < -0.4 is 15.7 Å². The smallest absolute Gasteiger partial charge is 0.271 e. The van der Waals surface area contributed by atoms with Gasteiger partial charge in [0.1, 0.15) is 0 Å². The van der Waals surface area contributed by atoms with E-state index in [1.54, 1.807) is 0 Å². The molecule has 0 saturated carbocycles. The highest BCUT2D eigenvalue weighted by Gasteiger charge is 2.08. The topological polar surface area (TPSA) is 90.3 Å². The molecule has 0 aliphatic rings. The monoisotopic (exact) mass is 316 g/mol. The van der Waals surface area contributed by atoms with Crippen LogP contribution in [0.4, 0.5) is 17.1 Å². The highest BCUT2D eigenvalue weighted by Crippen LogP contribution is 2.25. The van der Waals surface area contributed by atoms with Crippen molar-refractivity contribution in [2.24, 2.45) is 0 Å². The Morgan fingerprint density at radius 3 is 2.68 bits per heavy atom. The predicted molar refractivity (Wildman–Crippen MR) is 88.2 cm³/mol. The van der Waals surface area contributed by atoms with E-state index in [2.05, 4.69) is 10.6 Å². The Hall–Kier alpha value is -2.67. The van der Waals surface area contributed by atoms with Gasteiger partial charge in [-0.25, -0.2) is 0 Å².